The Morgan fingerprint density at radius 2 is 1.95 bits per heavy atom. The van der Waals surface area contributed by atoms with Crippen molar-refractivity contribution in [1.29, 1.82) is 5.26 Å². The molecule has 0 unspecified atom stereocenters. The number of amides is 1. The van der Waals surface area contributed by atoms with Crippen LogP contribution < -0.4 is 0 Å². The number of hydrogen-bond acceptors (Lipinski definition) is 2. The lowest BCUT2D eigenvalue weighted by Crippen LogP contribution is -2.35. The first-order chi connectivity index (χ1) is 10.3. The number of fused-ring (bicyclic) bond motifs is 1. The van der Waals surface area contributed by atoms with E-state index in [9.17, 15) is 4.79 Å². The number of nitrogens with zero attached hydrogens (tertiary/aromatic N) is 2. The molecule has 1 amide bonds. The minimum Gasteiger partial charge on any atom is -0.338 e. The fourth-order valence-electron chi connectivity index (χ4n) is 2.69. The first kappa shape index (κ1) is 13.6. The molecular formula is C18H18N2O. The molecule has 0 saturated heterocycles. The number of benzene rings is 2. The normalized spacial score (nSPS) is 13.9. The number of rotatable bonds is 5. The van der Waals surface area contributed by atoms with Crippen LogP contribution in [0.15, 0.2) is 42.5 Å². The van der Waals surface area contributed by atoms with Crippen molar-refractivity contribution in [1.82, 2.24) is 4.90 Å². The van der Waals surface area contributed by atoms with Gasteiger partial charge in [0.25, 0.3) is 0 Å². The van der Waals surface area contributed by atoms with Gasteiger partial charge in [0.15, 0.2) is 0 Å². The van der Waals surface area contributed by atoms with Crippen LogP contribution in [0.5, 0.6) is 0 Å². The van der Waals surface area contributed by atoms with E-state index in [-0.39, 0.29) is 5.91 Å². The molecule has 0 radical (unpaired) electrons. The Morgan fingerprint density at radius 3 is 2.67 bits per heavy atom. The summed E-state index contributed by atoms with van der Waals surface area (Å²) in [7, 11) is 0. The molecule has 0 aromatic heterocycles. The predicted octanol–water partition coefficient (Wildman–Crippen LogP) is 3.29. The molecule has 0 N–H and O–H groups in total. The lowest BCUT2D eigenvalue weighted by Gasteiger charge is -2.21. The third-order valence-electron chi connectivity index (χ3n) is 3.94. The van der Waals surface area contributed by atoms with Crippen molar-refractivity contribution in [3.63, 3.8) is 0 Å². The maximum atomic E-state index is 12.5. The SMILES string of the molecule is N#CCCN(C(=O)Cc1ccc2ccccc2c1)C1CC1. The van der Waals surface area contributed by atoms with Crippen LogP contribution in [0.4, 0.5) is 0 Å². The quantitative estimate of drug-likeness (QED) is 0.842. The molecule has 3 nitrogen and oxygen atoms in total. The topological polar surface area (TPSA) is 44.1 Å². The standard InChI is InChI=1S/C18H18N2O/c19-10-3-11-20(17-8-9-17)18(21)13-14-6-7-15-4-1-2-5-16(15)12-14/h1-2,4-7,12,17H,3,8-9,11,13H2. The molecule has 2 aromatic rings. The minimum absolute atomic E-state index is 0.142. The molecule has 1 saturated carbocycles. The van der Waals surface area contributed by atoms with Crippen molar-refractivity contribution in [3.8, 4) is 6.07 Å². The largest absolute Gasteiger partial charge is 0.338 e. The predicted molar refractivity (Wildman–Crippen MR) is 82.6 cm³/mol. The molecule has 2 aromatic carbocycles. The van der Waals surface area contributed by atoms with Crippen LogP contribution in [-0.4, -0.2) is 23.4 Å². The van der Waals surface area contributed by atoms with Gasteiger partial charge >= 0.3 is 0 Å². The van der Waals surface area contributed by atoms with E-state index in [1.807, 2.05) is 23.1 Å². The third kappa shape index (κ3) is 3.22. The number of nitriles is 1. The van der Waals surface area contributed by atoms with E-state index in [2.05, 4.69) is 30.3 Å². The lowest BCUT2D eigenvalue weighted by atomic mass is 10.0. The zero-order valence-corrected chi connectivity index (χ0v) is 12.0. The van der Waals surface area contributed by atoms with Gasteiger partial charge in [-0.1, -0.05) is 42.5 Å². The van der Waals surface area contributed by atoms with E-state index in [0.717, 1.165) is 23.8 Å². The second kappa shape index (κ2) is 5.97. The molecule has 1 fully saturated rings. The van der Waals surface area contributed by atoms with Crippen LogP contribution in [-0.2, 0) is 11.2 Å². The summed E-state index contributed by atoms with van der Waals surface area (Å²) in [5.74, 6) is 0.142. The molecule has 1 aliphatic carbocycles. The van der Waals surface area contributed by atoms with Gasteiger partial charge in [-0.15, -0.1) is 0 Å². The Kier molecular flexibility index (Phi) is 3.87. The van der Waals surface area contributed by atoms with Crippen LogP contribution in [0.1, 0.15) is 24.8 Å². The van der Waals surface area contributed by atoms with E-state index in [1.54, 1.807) is 0 Å². The highest BCUT2D eigenvalue weighted by Crippen LogP contribution is 2.27. The van der Waals surface area contributed by atoms with Crippen molar-refractivity contribution in [3.05, 3.63) is 48.0 Å². The van der Waals surface area contributed by atoms with Crippen molar-refractivity contribution >= 4 is 16.7 Å². The van der Waals surface area contributed by atoms with E-state index >= 15 is 0 Å². The number of carbonyl (C=O) groups excluding carboxylic acids is 1. The van der Waals surface area contributed by atoms with Crippen molar-refractivity contribution in [2.45, 2.75) is 31.7 Å². The minimum atomic E-state index is 0.142. The van der Waals surface area contributed by atoms with Crippen LogP contribution in [0.3, 0.4) is 0 Å². The maximum Gasteiger partial charge on any atom is 0.227 e. The highest BCUT2D eigenvalue weighted by molar-refractivity contribution is 5.85. The molecule has 0 aliphatic heterocycles. The monoisotopic (exact) mass is 278 g/mol. The van der Waals surface area contributed by atoms with Gasteiger partial charge < -0.3 is 4.90 Å². The Bertz CT molecular complexity index is 698. The zero-order chi connectivity index (χ0) is 14.7. The molecule has 3 rings (SSSR count). The van der Waals surface area contributed by atoms with E-state index in [1.165, 1.54) is 5.39 Å². The van der Waals surface area contributed by atoms with Crippen molar-refractivity contribution in [2.75, 3.05) is 6.54 Å². The van der Waals surface area contributed by atoms with Crippen LogP contribution in [0.2, 0.25) is 0 Å². The molecule has 1 aliphatic rings. The van der Waals surface area contributed by atoms with Gasteiger partial charge in [0, 0.05) is 12.6 Å². The summed E-state index contributed by atoms with van der Waals surface area (Å²) in [4.78, 5) is 14.3. The third-order valence-corrected chi connectivity index (χ3v) is 3.94. The van der Waals surface area contributed by atoms with Crippen LogP contribution in [0, 0.1) is 11.3 Å². The molecule has 0 atom stereocenters. The maximum absolute atomic E-state index is 12.5. The summed E-state index contributed by atoms with van der Waals surface area (Å²) in [5, 5.41) is 11.1. The summed E-state index contributed by atoms with van der Waals surface area (Å²) < 4.78 is 0. The molecular weight excluding hydrogens is 260 g/mol. The number of carbonyl (C=O) groups is 1. The lowest BCUT2D eigenvalue weighted by molar-refractivity contribution is -0.131. The summed E-state index contributed by atoms with van der Waals surface area (Å²) in [5.41, 5.74) is 1.04. The van der Waals surface area contributed by atoms with E-state index in [0.29, 0.717) is 25.4 Å². The Balaban J connectivity index is 1.74. The van der Waals surface area contributed by atoms with E-state index in [4.69, 9.17) is 5.26 Å². The van der Waals surface area contributed by atoms with E-state index < -0.39 is 0 Å². The molecule has 21 heavy (non-hydrogen) atoms. The summed E-state index contributed by atoms with van der Waals surface area (Å²) in [6.07, 6.45) is 3.00. The fraction of sp³-hybridized carbons (Fsp3) is 0.333. The fourth-order valence-corrected chi connectivity index (χ4v) is 2.69. The molecule has 0 heterocycles. The Morgan fingerprint density at radius 1 is 1.19 bits per heavy atom. The highest BCUT2D eigenvalue weighted by Gasteiger charge is 2.31. The molecule has 3 heteroatoms. The average molecular weight is 278 g/mol. The summed E-state index contributed by atoms with van der Waals surface area (Å²) >= 11 is 0. The second-order valence-corrected chi connectivity index (χ2v) is 5.58. The highest BCUT2D eigenvalue weighted by atomic mass is 16.2. The van der Waals surface area contributed by atoms with Crippen LogP contribution >= 0.6 is 0 Å². The van der Waals surface area contributed by atoms with Crippen LogP contribution in [0.25, 0.3) is 10.8 Å². The average Bonchev–Trinajstić information content (AvgIpc) is 3.32. The van der Waals surface area contributed by atoms with Gasteiger partial charge in [-0.05, 0) is 29.2 Å². The zero-order valence-electron chi connectivity index (χ0n) is 12.0. The van der Waals surface area contributed by atoms with Gasteiger partial charge in [0.2, 0.25) is 5.91 Å². The smallest absolute Gasteiger partial charge is 0.227 e. The molecule has 0 spiro atoms. The van der Waals surface area contributed by atoms with Crippen molar-refractivity contribution < 1.29 is 4.79 Å². The molecule has 0 bridgehead atoms. The summed E-state index contributed by atoms with van der Waals surface area (Å²) in [6, 6.07) is 16.8. The first-order valence-electron chi connectivity index (χ1n) is 7.42. The molecule has 106 valence electrons. The van der Waals surface area contributed by atoms with Gasteiger partial charge in [0.05, 0.1) is 18.9 Å². The first-order valence-corrected chi connectivity index (χ1v) is 7.42. The van der Waals surface area contributed by atoms with Gasteiger partial charge in [-0.2, -0.15) is 5.26 Å². The van der Waals surface area contributed by atoms with Gasteiger partial charge in [0.1, 0.15) is 0 Å². The van der Waals surface area contributed by atoms with Crippen molar-refractivity contribution in [2.24, 2.45) is 0 Å². The Hall–Kier alpha value is -2.34. The van der Waals surface area contributed by atoms with Gasteiger partial charge in [-0.25, -0.2) is 0 Å². The second-order valence-electron chi connectivity index (χ2n) is 5.58. The Labute approximate surface area is 124 Å². The number of hydrogen-bond donors (Lipinski definition) is 0. The van der Waals surface area contributed by atoms with Gasteiger partial charge in [-0.3, -0.25) is 4.79 Å². The summed E-state index contributed by atoms with van der Waals surface area (Å²) in [6.45, 7) is 0.563.